The Balaban J connectivity index is -0.0000000337. The molecule has 0 saturated heterocycles. The first-order valence-electron chi connectivity index (χ1n) is 2.82. The van der Waals surface area contributed by atoms with Crippen molar-refractivity contribution in [3.63, 3.8) is 0 Å². The maximum Gasteiger partial charge on any atom is 0 e. The molecule has 0 atom stereocenters. The summed E-state index contributed by atoms with van der Waals surface area (Å²) in [4.78, 5) is 0. The fourth-order valence-electron chi connectivity index (χ4n) is 0.393. The molecule has 0 spiro atoms. The zero-order valence-electron chi connectivity index (χ0n) is 7.17. The van der Waals surface area contributed by atoms with Crippen molar-refractivity contribution in [2.75, 3.05) is 0 Å². The molecule has 0 heterocycles. The summed E-state index contributed by atoms with van der Waals surface area (Å²) in [5.41, 5.74) is 0. The van der Waals surface area contributed by atoms with Crippen molar-refractivity contribution in [2.45, 2.75) is 20.3 Å². The van der Waals surface area contributed by atoms with E-state index in [0.717, 1.165) is 6.42 Å². The second kappa shape index (κ2) is 22.6. The van der Waals surface area contributed by atoms with Crippen molar-refractivity contribution in [2.24, 2.45) is 0 Å². The molecule has 0 aromatic rings. The van der Waals surface area contributed by atoms with Gasteiger partial charge in [0, 0.05) is 41.1 Å². The second-order valence-electron chi connectivity index (χ2n) is 1.09. The molecule has 0 fully saturated rings. The van der Waals surface area contributed by atoms with Crippen molar-refractivity contribution >= 4 is 8.41 Å². The average Bonchev–Trinajstić information content (AvgIpc) is 2.23. The molecule has 0 aromatic carbocycles. The summed E-state index contributed by atoms with van der Waals surface area (Å²) < 4.78 is 0. The molecule has 1 aliphatic carbocycles. The van der Waals surface area contributed by atoms with Gasteiger partial charge in [-0.05, 0) is 6.42 Å². The van der Waals surface area contributed by atoms with Crippen molar-refractivity contribution in [3.05, 3.63) is 31.7 Å². The number of hydrogen-bond donors (Lipinski definition) is 0. The van der Waals surface area contributed by atoms with E-state index < -0.39 is 0 Å². The summed E-state index contributed by atoms with van der Waals surface area (Å²) in [6.07, 6.45) is 9.50. The quantitative estimate of drug-likeness (QED) is 0.426. The Labute approximate surface area is 92.6 Å². The molecule has 1 aliphatic rings. The van der Waals surface area contributed by atoms with Crippen molar-refractivity contribution in [1.29, 1.82) is 0 Å². The predicted octanol–water partition coefficient (Wildman–Crippen LogP) is 2.60. The molecule has 54 valence electrons. The molecule has 0 nitrogen and oxygen atoms in total. The van der Waals surface area contributed by atoms with Crippen LogP contribution in [0.4, 0.5) is 0 Å². The van der Waals surface area contributed by atoms with Crippen LogP contribution in [0.25, 0.3) is 0 Å². The molecule has 4 radical (unpaired) electrons. The Morgan fingerprint density at radius 1 is 1.00 bits per heavy atom. The van der Waals surface area contributed by atoms with Gasteiger partial charge in [0.05, 0.1) is 0 Å². The zero-order valence-corrected chi connectivity index (χ0v) is 10.0. The Kier molecular flexibility index (Phi) is 50.7. The molecule has 0 aromatic heterocycles. The van der Waals surface area contributed by atoms with Gasteiger partial charge in [-0.1, -0.05) is 38.2 Å². The molecular weight excluding hydrogens is 196 g/mol. The summed E-state index contributed by atoms with van der Waals surface area (Å²) in [6, 6.07) is 0. The molecule has 0 unspecified atom stereocenters. The first-order valence-corrected chi connectivity index (χ1v) is 2.82. The molecule has 2 heteroatoms. The van der Waals surface area contributed by atoms with E-state index in [9.17, 15) is 0 Å². The third-order valence-electron chi connectivity index (χ3n) is 0.655. The van der Waals surface area contributed by atoms with Crippen molar-refractivity contribution in [3.8, 4) is 0 Å². The van der Waals surface area contributed by atoms with Crippen LogP contribution in [-0.4, -0.2) is 8.41 Å². The van der Waals surface area contributed by atoms with Crippen LogP contribution in [0.1, 0.15) is 20.3 Å². The molecule has 0 N–H and O–H groups in total. The van der Waals surface area contributed by atoms with Gasteiger partial charge in [-0.2, -0.15) is 0 Å². The van der Waals surface area contributed by atoms with E-state index in [4.69, 9.17) is 0 Å². The zero-order chi connectivity index (χ0) is 5.54. The minimum absolute atomic E-state index is 0. The normalized spacial score (nSPS) is 9.40. The third-order valence-corrected chi connectivity index (χ3v) is 0.655. The van der Waals surface area contributed by atoms with Crippen LogP contribution in [0.15, 0.2) is 24.3 Å². The fourth-order valence-corrected chi connectivity index (χ4v) is 0.393. The molecular formula is C8H15BY-. The van der Waals surface area contributed by atoms with Crippen LogP contribution in [-0.2, 0) is 32.7 Å². The number of rotatable bonds is 0. The van der Waals surface area contributed by atoms with Gasteiger partial charge >= 0.3 is 0 Å². The summed E-state index contributed by atoms with van der Waals surface area (Å²) in [5, 5.41) is 0. The SMILES string of the molecule is C1=CCC=C1.CC.[B].[CH3-].[Y]. The van der Waals surface area contributed by atoms with Crippen LogP contribution in [0.5, 0.6) is 0 Å². The van der Waals surface area contributed by atoms with Gasteiger partial charge in [0.1, 0.15) is 0 Å². The van der Waals surface area contributed by atoms with Gasteiger partial charge < -0.3 is 7.43 Å². The van der Waals surface area contributed by atoms with Gasteiger partial charge in [-0.15, -0.1) is 0 Å². The van der Waals surface area contributed by atoms with Crippen LogP contribution in [0, 0.1) is 7.43 Å². The molecule has 0 aliphatic heterocycles. The third kappa shape index (κ3) is 15.9. The van der Waals surface area contributed by atoms with E-state index in [1.165, 1.54) is 0 Å². The first kappa shape index (κ1) is 22.4. The fraction of sp³-hybridized carbons (Fsp3) is 0.375. The maximum absolute atomic E-state index is 2.12. The minimum atomic E-state index is 0. The van der Waals surface area contributed by atoms with Crippen LogP contribution in [0.2, 0.25) is 0 Å². The van der Waals surface area contributed by atoms with Gasteiger partial charge in [0.2, 0.25) is 0 Å². The number of hydrogen-bond acceptors (Lipinski definition) is 0. The topological polar surface area (TPSA) is 0 Å². The minimum Gasteiger partial charge on any atom is -0.358 e. The largest absolute Gasteiger partial charge is 0.358 e. The smallest absolute Gasteiger partial charge is 0 e. The van der Waals surface area contributed by atoms with E-state index in [0.29, 0.717) is 0 Å². The van der Waals surface area contributed by atoms with Crippen LogP contribution >= 0.6 is 0 Å². The van der Waals surface area contributed by atoms with Crippen molar-refractivity contribution in [1.82, 2.24) is 0 Å². The Bertz CT molecular complexity index is 67.3. The van der Waals surface area contributed by atoms with Crippen LogP contribution < -0.4 is 0 Å². The van der Waals surface area contributed by atoms with E-state index in [2.05, 4.69) is 24.3 Å². The first-order chi connectivity index (χ1) is 3.50. The summed E-state index contributed by atoms with van der Waals surface area (Å²) >= 11 is 0. The Morgan fingerprint density at radius 2 is 1.30 bits per heavy atom. The summed E-state index contributed by atoms with van der Waals surface area (Å²) in [5.74, 6) is 0. The standard InChI is InChI=1S/C5H6.C2H6.CH3.B.Y/c1-2-4-5-3-1;1-2;;;/h1-4H,5H2;1-2H3;1H3;;/q;;-1;;. The predicted molar refractivity (Wildman–Crippen MR) is 46.4 cm³/mol. The Morgan fingerprint density at radius 3 is 1.40 bits per heavy atom. The van der Waals surface area contributed by atoms with E-state index in [-0.39, 0.29) is 48.5 Å². The van der Waals surface area contributed by atoms with Gasteiger partial charge in [-0.3, -0.25) is 0 Å². The average molecular weight is 211 g/mol. The molecule has 0 bridgehead atoms. The summed E-state index contributed by atoms with van der Waals surface area (Å²) in [6.45, 7) is 4.00. The Hall–Kier alpha value is 0.649. The van der Waals surface area contributed by atoms with Crippen LogP contribution in [0.3, 0.4) is 0 Å². The maximum atomic E-state index is 2.12. The molecule has 10 heavy (non-hydrogen) atoms. The second-order valence-corrected chi connectivity index (χ2v) is 1.09. The number of allylic oxidation sites excluding steroid dienone is 4. The van der Waals surface area contributed by atoms with E-state index >= 15 is 0 Å². The van der Waals surface area contributed by atoms with Gasteiger partial charge in [0.15, 0.2) is 0 Å². The van der Waals surface area contributed by atoms with E-state index in [1.54, 1.807) is 0 Å². The molecule has 0 saturated carbocycles. The van der Waals surface area contributed by atoms with Gasteiger partial charge in [0.25, 0.3) is 0 Å². The molecule has 1 rings (SSSR count). The van der Waals surface area contributed by atoms with Gasteiger partial charge in [-0.25, -0.2) is 0 Å². The van der Waals surface area contributed by atoms with Crippen molar-refractivity contribution < 1.29 is 32.7 Å². The van der Waals surface area contributed by atoms with E-state index in [1.807, 2.05) is 13.8 Å². The summed E-state index contributed by atoms with van der Waals surface area (Å²) in [7, 11) is 0. The monoisotopic (exact) mass is 211 g/mol. The molecule has 0 amide bonds.